The maximum atomic E-state index is 13.5. The fourth-order valence-electron chi connectivity index (χ4n) is 4.85. The van der Waals surface area contributed by atoms with Crippen molar-refractivity contribution in [3.63, 3.8) is 0 Å². The summed E-state index contributed by atoms with van der Waals surface area (Å²) < 4.78 is 8.10. The summed E-state index contributed by atoms with van der Waals surface area (Å²) in [4.78, 5) is 27.7. The van der Waals surface area contributed by atoms with Gasteiger partial charge < -0.3 is 9.30 Å². The number of thiocarbonyl (C=S) groups is 1. The molecule has 1 aliphatic rings. The number of para-hydroxylation sites is 2. The zero-order valence-electron chi connectivity index (χ0n) is 20.5. The summed E-state index contributed by atoms with van der Waals surface area (Å²) in [6.45, 7) is 2.96. The lowest BCUT2D eigenvalue weighted by molar-refractivity contribution is -0.122. The number of carbonyl (C=O) groups is 2. The van der Waals surface area contributed by atoms with E-state index in [0.717, 1.165) is 33.9 Å². The molecular weight excluding hydrogens is 494 g/mol. The second-order valence-corrected chi connectivity index (χ2v) is 9.29. The predicted octanol–water partition coefficient (Wildman–Crippen LogP) is 6.44. The van der Waals surface area contributed by atoms with Crippen LogP contribution in [0.5, 0.6) is 11.5 Å². The number of ether oxygens (including phenoxy) is 1. The van der Waals surface area contributed by atoms with Gasteiger partial charge in [0.25, 0.3) is 11.8 Å². The van der Waals surface area contributed by atoms with Crippen LogP contribution >= 0.6 is 12.2 Å². The highest BCUT2D eigenvalue weighted by atomic mass is 32.1. The Labute approximate surface area is 224 Å². The van der Waals surface area contributed by atoms with Gasteiger partial charge in [-0.1, -0.05) is 42.5 Å². The Morgan fingerprint density at radius 1 is 0.816 bits per heavy atom. The lowest BCUT2D eigenvalue weighted by Crippen LogP contribution is -2.54. The van der Waals surface area contributed by atoms with Gasteiger partial charge in [0.1, 0.15) is 17.1 Å². The summed E-state index contributed by atoms with van der Waals surface area (Å²) in [6.07, 6.45) is 1.62. The molecule has 186 valence electrons. The van der Waals surface area contributed by atoms with E-state index in [1.54, 1.807) is 30.3 Å². The quantitative estimate of drug-likeness (QED) is 0.166. The average Bonchev–Trinajstić information content (AvgIpc) is 3.25. The van der Waals surface area contributed by atoms with E-state index in [-0.39, 0.29) is 10.7 Å². The number of nitrogens with one attached hydrogen (secondary N) is 1. The minimum atomic E-state index is -0.517. The highest BCUT2D eigenvalue weighted by molar-refractivity contribution is 7.80. The zero-order valence-corrected chi connectivity index (χ0v) is 21.4. The third-order valence-corrected chi connectivity index (χ3v) is 6.88. The Bertz CT molecular complexity index is 1750. The van der Waals surface area contributed by atoms with Gasteiger partial charge in [-0.15, -0.1) is 0 Å². The van der Waals surface area contributed by atoms with Crippen LogP contribution in [0.25, 0.3) is 27.9 Å². The zero-order chi connectivity index (χ0) is 26.2. The SMILES string of the molecule is CCn1c2ccccc2c2cc(C=C3C(=O)NC(=S)N(c4ccc(Oc5ccccc5)cc4)C3=O)ccc21. The average molecular weight is 518 g/mol. The van der Waals surface area contributed by atoms with Crippen LogP contribution in [0.2, 0.25) is 0 Å². The van der Waals surface area contributed by atoms with Crippen molar-refractivity contribution in [3.8, 4) is 11.5 Å². The molecule has 0 saturated carbocycles. The molecular formula is C31H23N3O3S. The molecule has 0 aliphatic carbocycles. The third kappa shape index (κ3) is 4.13. The summed E-state index contributed by atoms with van der Waals surface area (Å²) in [7, 11) is 0. The van der Waals surface area contributed by atoms with Crippen molar-refractivity contribution in [2.45, 2.75) is 13.5 Å². The largest absolute Gasteiger partial charge is 0.457 e. The lowest BCUT2D eigenvalue weighted by Gasteiger charge is -2.29. The van der Waals surface area contributed by atoms with E-state index >= 15 is 0 Å². The van der Waals surface area contributed by atoms with Crippen molar-refractivity contribution < 1.29 is 14.3 Å². The van der Waals surface area contributed by atoms with Gasteiger partial charge in [-0.25, -0.2) is 0 Å². The molecule has 0 atom stereocenters. The molecule has 1 aromatic heterocycles. The molecule has 0 bridgehead atoms. The van der Waals surface area contributed by atoms with Gasteiger partial charge >= 0.3 is 0 Å². The first-order valence-corrected chi connectivity index (χ1v) is 12.7. The molecule has 6 nitrogen and oxygen atoms in total. The van der Waals surface area contributed by atoms with Crippen molar-refractivity contribution in [2.75, 3.05) is 4.90 Å². The molecule has 38 heavy (non-hydrogen) atoms. The number of amides is 2. The third-order valence-electron chi connectivity index (χ3n) is 6.60. The van der Waals surface area contributed by atoms with Gasteiger partial charge in [0.2, 0.25) is 0 Å². The molecule has 5 aromatic rings. The van der Waals surface area contributed by atoms with Crippen molar-refractivity contribution in [2.24, 2.45) is 0 Å². The molecule has 1 aliphatic heterocycles. The first-order valence-electron chi connectivity index (χ1n) is 12.3. The monoisotopic (exact) mass is 517 g/mol. The van der Waals surface area contributed by atoms with Gasteiger partial charge in [-0.05, 0) is 85.4 Å². The van der Waals surface area contributed by atoms with Crippen LogP contribution in [-0.2, 0) is 16.1 Å². The number of anilines is 1. The molecule has 1 fully saturated rings. The first-order chi connectivity index (χ1) is 18.5. The number of carbonyl (C=O) groups excluding carboxylic acids is 2. The van der Waals surface area contributed by atoms with Gasteiger partial charge in [-0.2, -0.15) is 0 Å². The maximum Gasteiger partial charge on any atom is 0.270 e. The summed E-state index contributed by atoms with van der Waals surface area (Å²) >= 11 is 5.36. The fourth-order valence-corrected chi connectivity index (χ4v) is 5.13. The summed E-state index contributed by atoms with van der Waals surface area (Å²) in [6, 6.07) is 30.6. The van der Waals surface area contributed by atoms with E-state index in [0.29, 0.717) is 17.2 Å². The molecule has 2 heterocycles. The highest BCUT2D eigenvalue weighted by Gasteiger charge is 2.34. The Morgan fingerprint density at radius 3 is 2.26 bits per heavy atom. The second kappa shape index (κ2) is 9.61. The first kappa shape index (κ1) is 23.6. The fraction of sp³-hybridized carbons (Fsp3) is 0.0645. The number of benzene rings is 4. The molecule has 1 saturated heterocycles. The minimum absolute atomic E-state index is 0.0155. The van der Waals surface area contributed by atoms with Gasteiger partial charge in [0.15, 0.2) is 5.11 Å². The molecule has 0 radical (unpaired) electrons. The molecule has 0 spiro atoms. The van der Waals surface area contributed by atoms with E-state index in [1.807, 2.05) is 60.7 Å². The summed E-state index contributed by atoms with van der Waals surface area (Å²) in [5.41, 5.74) is 3.57. The van der Waals surface area contributed by atoms with E-state index in [4.69, 9.17) is 17.0 Å². The van der Waals surface area contributed by atoms with Gasteiger partial charge in [0, 0.05) is 28.4 Å². The van der Waals surface area contributed by atoms with Crippen LogP contribution in [-0.4, -0.2) is 21.5 Å². The van der Waals surface area contributed by atoms with Crippen LogP contribution in [0.15, 0.2) is 103 Å². The van der Waals surface area contributed by atoms with Crippen molar-refractivity contribution in [3.05, 3.63) is 108 Å². The van der Waals surface area contributed by atoms with Crippen LogP contribution in [0.4, 0.5) is 5.69 Å². The number of aromatic nitrogens is 1. The Kier molecular flexibility index (Phi) is 5.98. The summed E-state index contributed by atoms with van der Waals surface area (Å²) in [5.74, 6) is 0.332. The number of rotatable bonds is 5. The van der Waals surface area contributed by atoms with Gasteiger partial charge in [0.05, 0.1) is 5.69 Å². The number of hydrogen-bond donors (Lipinski definition) is 1. The van der Waals surface area contributed by atoms with E-state index in [9.17, 15) is 9.59 Å². The lowest BCUT2D eigenvalue weighted by atomic mass is 10.0. The molecule has 6 rings (SSSR count). The van der Waals surface area contributed by atoms with Crippen LogP contribution in [0, 0.1) is 0 Å². The molecule has 2 amide bonds. The molecule has 4 aromatic carbocycles. The Morgan fingerprint density at radius 2 is 1.50 bits per heavy atom. The molecule has 0 unspecified atom stereocenters. The van der Waals surface area contributed by atoms with E-state index < -0.39 is 11.8 Å². The summed E-state index contributed by atoms with van der Waals surface area (Å²) in [5, 5.41) is 4.89. The van der Waals surface area contributed by atoms with Crippen LogP contribution < -0.4 is 15.0 Å². The predicted molar refractivity (Wildman–Crippen MR) is 154 cm³/mol. The second-order valence-electron chi connectivity index (χ2n) is 8.90. The number of hydrogen-bond acceptors (Lipinski definition) is 4. The van der Waals surface area contributed by atoms with Gasteiger partial charge in [-0.3, -0.25) is 19.8 Å². The van der Waals surface area contributed by atoms with Crippen molar-refractivity contribution >= 4 is 62.7 Å². The molecule has 7 heteroatoms. The van der Waals surface area contributed by atoms with E-state index in [2.05, 4.69) is 28.9 Å². The van der Waals surface area contributed by atoms with Crippen molar-refractivity contribution in [1.82, 2.24) is 9.88 Å². The van der Waals surface area contributed by atoms with Crippen LogP contribution in [0.3, 0.4) is 0 Å². The topological polar surface area (TPSA) is 63.6 Å². The van der Waals surface area contributed by atoms with Crippen molar-refractivity contribution in [1.29, 1.82) is 0 Å². The number of nitrogens with zero attached hydrogens (tertiary/aromatic N) is 2. The Hall–Kier alpha value is -4.75. The number of fused-ring (bicyclic) bond motifs is 3. The smallest absolute Gasteiger partial charge is 0.270 e. The minimum Gasteiger partial charge on any atom is -0.457 e. The normalized spacial score (nSPS) is 14.9. The number of aryl methyl sites for hydroxylation is 1. The maximum absolute atomic E-state index is 13.5. The molecule has 1 N–H and O–H groups in total. The Balaban J connectivity index is 1.33. The van der Waals surface area contributed by atoms with Crippen LogP contribution in [0.1, 0.15) is 12.5 Å². The van der Waals surface area contributed by atoms with E-state index in [1.165, 1.54) is 4.90 Å². The highest BCUT2D eigenvalue weighted by Crippen LogP contribution is 2.31. The standard InChI is InChI=1S/C31H23N3O3S/c1-2-33-27-11-7-6-10-24(27)25-18-20(12-17-28(25)33)19-26-29(35)32-31(38)34(30(26)36)21-13-15-23(16-14-21)37-22-8-4-3-5-9-22/h3-19H,2H2,1H3,(H,32,35,38).